The lowest BCUT2D eigenvalue weighted by atomic mass is 10.1. The molecule has 3 aromatic rings. The number of fused-ring (bicyclic) bond motifs is 1. The molecule has 0 N–H and O–H groups in total. The molecule has 0 aliphatic carbocycles. The minimum atomic E-state index is -0.486. The summed E-state index contributed by atoms with van der Waals surface area (Å²) in [5, 5.41) is 1.99. The fraction of sp³-hybridized carbons (Fsp3) is 0.414. The van der Waals surface area contributed by atoms with E-state index in [1.165, 1.54) is 25.6 Å². The number of esters is 2. The fourth-order valence-electron chi connectivity index (χ4n) is 3.76. The second-order valence-corrected chi connectivity index (χ2v) is 9.69. The maximum atomic E-state index is 12.2. The maximum absolute atomic E-state index is 12.2. The number of hydrogen-bond donors (Lipinski definition) is 0. The van der Waals surface area contributed by atoms with E-state index >= 15 is 0 Å². The van der Waals surface area contributed by atoms with Crippen LogP contribution < -0.4 is 18.9 Å². The highest BCUT2D eigenvalue weighted by Crippen LogP contribution is 2.52. The van der Waals surface area contributed by atoms with Crippen LogP contribution in [0.15, 0.2) is 52.5 Å². The van der Waals surface area contributed by atoms with Gasteiger partial charge in [0.15, 0.2) is 11.5 Å². The Bertz CT molecular complexity index is 1200. The lowest BCUT2D eigenvalue weighted by Crippen LogP contribution is -2.11. The van der Waals surface area contributed by atoms with Crippen molar-refractivity contribution in [1.82, 2.24) is 4.98 Å². The zero-order valence-electron chi connectivity index (χ0n) is 22.0. The minimum Gasteiger partial charge on any atom is -0.486 e. The summed E-state index contributed by atoms with van der Waals surface area (Å²) in [5.74, 6) is 0.0883. The molecule has 0 radical (unpaired) electrons. The van der Waals surface area contributed by atoms with Gasteiger partial charge in [-0.3, -0.25) is 9.59 Å². The molecule has 198 valence electrons. The van der Waals surface area contributed by atoms with Crippen LogP contribution in [0, 0.1) is 0 Å². The van der Waals surface area contributed by atoms with E-state index in [1.807, 2.05) is 36.4 Å². The van der Waals surface area contributed by atoms with E-state index in [1.54, 1.807) is 6.20 Å². The number of ether oxygens (including phenoxy) is 4. The van der Waals surface area contributed by atoms with Gasteiger partial charge in [-0.1, -0.05) is 57.4 Å². The molecule has 0 atom stereocenters. The van der Waals surface area contributed by atoms with Crippen molar-refractivity contribution in [3.8, 4) is 23.0 Å². The summed E-state index contributed by atoms with van der Waals surface area (Å²) >= 11 is 1.47. The second-order valence-electron chi connectivity index (χ2n) is 8.59. The lowest BCUT2D eigenvalue weighted by Gasteiger charge is -2.21. The molecule has 1 heterocycles. The zero-order chi connectivity index (χ0) is 26.6. The molecular weight excluding hydrogens is 490 g/mol. The first-order valence-electron chi connectivity index (χ1n) is 12.8. The van der Waals surface area contributed by atoms with Crippen LogP contribution in [0.5, 0.6) is 23.0 Å². The van der Waals surface area contributed by atoms with E-state index < -0.39 is 11.9 Å². The van der Waals surface area contributed by atoms with E-state index in [0.29, 0.717) is 24.0 Å². The average molecular weight is 526 g/mol. The summed E-state index contributed by atoms with van der Waals surface area (Å²) < 4.78 is 23.8. The highest BCUT2D eigenvalue weighted by Gasteiger charge is 2.27. The first-order chi connectivity index (χ1) is 17.9. The molecule has 8 heteroatoms. The molecule has 0 spiro atoms. The molecule has 0 aliphatic rings. The first kappa shape index (κ1) is 28.3. The van der Waals surface area contributed by atoms with E-state index in [-0.39, 0.29) is 23.0 Å². The number of unbranched alkanes of at least 4 members (excludes halogenated alkanes) is 4. The number of nitrogens with zero attached hydrogens (tertiary/aromatic N) is 1. The first-order valence-corrected chi connectivity index (χ1v) is 13.6. The van der Waals surface area contributed by atoms with Crippen molar-refractivity contribution < 1.29 is 28.5 Å². The predicted octanol–water partition coefficient (Wildman–Crippen LogP) is 7.37. The van der Waals surface area contributed by atoms with Crippen molar-refractivity contribution in [2.45, 2.75) is 76.1 Å². The van der Waals surface area contributed by atoms with Crippen LogP contribution in [0.3, 0.4) is 0 Å². The Morgan fingerprint density at radius 2 is 1.35 bits per heavy atom. The molecule has 0 bridgehead atoms. The van der Waals surface area contributed by atoms with Crippen molar-refractivity contribution in [3.63, 3.8) is 0 Å². The van der Waals surface area contributed by atoms with E-state index in [9.17, 15) is 9.59 Å². The van der Waals surface area contributed by atoms with E-state index in [0.717, 1.165) is 48.4 Å². The molecule has 2 aromatic carbocycles. The SMILES string of the molecule is CCCCCOc1c(OCCCCC)c(OC(C)=O)c2cc(Sc3ccccn3)ccc2c1OC(C)=O. The Labute approximate surface area is 222 Å². The summed E-state index contributed by atoms with van der Waals surface area (Å²) in [5.41, 5.74) is 0. The molecule has 1 aromatic heterocycles. The van der Waals surface area contributed by atoms with Crippen LogP contribution in [-0.4, -0.2) is 30.1 Å². The van der Waals surface area contributed by atoms with Gasteiger partial charge in [0.05, 0.1) is 13.2 Å². The number of rotatable bonds is 14. The Kier molecular flexibility index (Phi) is 11.1. The number of pyridine rings is 1. The molecule has 0 saturated carbocycles. The molecule has 7 nitrogen and oxygen atoms in total. The van der Waals surface area contributed by atoms with Gasteiger partial charge in [0.25, 0.3) is 0 Å². The van der Waals surface area contributed by atoms with E-state index in [2.05, 4.69) is 18.8 Å². The molecule has 0 saturated heterocycles. The fourth-order valence-corrected chi connectivity index (χ4v) is 4.57. The van der Waals surface area contributed by atoms with Gasteiger partial charge >= 0.3 is 11.9 Å². The molecule has 3 rings (SSSR count). The minimum absolute atomic E-state index is 0.254. The van der Waals surface area contributed by atoms with Gasteiger partial charge in [0, 0.05) is 35.7 Å². The van der Waals surface area contributed by atoms with Gasteiger partial charge in [-0.05, 0) is 43.2 Å². The topological polar surface area (TPSA) is 84.0 Å². The van der Waals surface area contributed by atoms with Crippen LogP contribution in [-0.2, 0) is 9.59 Å². The zero-order valence-corrected chi connectivity index (χ0v) is 22.8. The van der Waals surface area contributed by atoms with Crippen LogP contribution >= 0.6 is 11.8 Å². The molecular formula is C29H35NO6S. The molecule has 0 fully saturated rings. The van der Waals surface area contributed by atoms with Crippen LogP contribution in [0.1, 0.15) is 66.2 Å². The third kappa shape index (κ3) is 8.12. The van der Waals surface area contributed by atoms with Gasteiger partial charge in [0.2, 0.25) is 11.5 Å². The van der Waals surface area contributed by atoms with Crippen LogP contribution in [0.4, 0.5) is 0 Å². The van der Waals surface area contributed by atoms with Crippen molar-refractivity contribution in [2.75, 3.05) is 13.2 Å². The van der Waals surface area contributed by atoms with Gasteiger partial charge in [-0.2, -0.15) is 0 Å². The van der Waals surface area contributed by atoms with Gasteiger partial charge in [-0.25, -0.2) is 4.98 Å². The molecule has 0 amide bonds. The molecule has 0 aliphatic heterocycles. The number of benzene rings is 2. The van der Waals surface area contributed by atoms with Crippen molar-refractivity contribution in [1.29, 1.82) is 0 Å². The van der Waals surface area contributed by atoms with Crippen molar-refractivity contribution in [3.05, 3.63) is 42.6 Å². The third-order valence-corrected chi connectivity index (χ3v) is 6.38. The average Bonchev–Trinajstić information content (AvgIpc) is 2.87. The van der Waals surface area contributed by atoms with Gasteiger partial charge in [0.1, 0.15) is 5.03 Å². The summed E-state index contributed by atoms with van der Waals surface area (Å²) in [7, 11) is 0. The normalized spacial score (nSPS) is 10.8. The van der Waals surface area contributed by atoms with Crippen LogP contribution in [0.2, 0.25) is 0 Å². The number of aromatic nitrogens is 1. The number of carbonyl (C=O) groups excluding carboxylic acids is 2. The monoisotopic (exact) mass is 525 g/mol. The Hall–Kier alpha value is -3.26. The highest BCUT2D eigenvalue weighted by molar-refractivity contribution is 7.99. The van der Waals surface area contributed by atoms with E-state index in [4.69, 9.17) is 18.9 Å². The van der Waals surface area contributed by atoms with Crippen molar-refractivity contribution >= 4 is 34.5 Å². The second kappa shape index (κ2) is 14.5. The maximum Gasteiger partial charge on any atom is 0.308 e. The van der Waals surface area contributed by atoms with Crippen molar-refractivity contribution in [2.24, 2.45) is 0 Å². The lowest BCUT2D eigenvalue weighted by molar-refractivity contribution is -0.133. The van der Waals surface area contributed by atoms with Gasteiger partial charge in [-0.15, -0.1) is 0 Å². The number of hydrogen-bond acceptors (Lipinski definition) is 8. The summed E-state index contributed by atoms with van der Waals surface area (Å²) in [6.45, 7) is 7.73. The smallest absolute Gasteiger partial charge is 0.308 e. The molecule has 0 unspecified atom stereocenters. The molecule has 37 heavy (non-hydrogen) atoms. The summed E-state index contributed by atoms with van der Waals surface area (Å²) in [6, 6.07) is 11.3. The Morgan fingerprint density at radius 1 is 0.757 bits per heavy atom. The number of carbonyl (C=O) groups is 2. The quantitative estimate of drug-likeness (QED) is 0.122. The predicted molar refractivity (Wildman–Crippen MR) is 145 cm³/mol. The largest absolute Gasteiger partial charge is 0.486 e. The van der Waals surface area contributed by atoms with Gasteiger partial charge < -0.3 is 18.9 Å². The summed E-state index contributed by atoms with van der Waals surface area (Å²) in [4.78, 5) is 29.6. The van der Waals surface area contributed by atoms with Crippen LogP contribution in [0.25, 0.3) is 10.8 Å². The summed E-state index contributed by atoms with van der Waals surface area (Å²) in [6.07, 6.45) is 7.43. The third-order valence-electron chi connectivity index (χ3n) is 5.44. The Balaban J connectivity index is 2.20. The highest BCUT2D eigenvalue weighted by atomic mass is 32.2. The Morgan fingerprint density at radius 3 is 1.86 bits per heavy atom. The standard InChI is InChI=1S/C29H35NO6S/c1-5-7-11-17-33-28-26(35-20(3)31)23-15-14-22(37-25-13-9-10-16-30-25)19-24(23)27(36-21(4)32)29(28)34-18-12-8-6-2/h9-10,13-16,19H,5-8,11-12,17-18H2,1-4H3.